The van der Waals surface area contributed by atoms with E-state index in [4.69, 9.17) is 11.5 Å². The molecule has 8 N–H and O–H groups in total. The van der Waals surface area contributed by atoms with E-state index in [0.717, 1.165) is 5.56 Å². The quantitative estimate of drug-likeness (QED) is 0.214. The predicted octanol–water partition coefficient (Wildman–Crippen LogP) is -1.35. The highest BCUT2D eigenvalue weighted by Crippen LogP contribution is 2.08. The Bertz CT molecular complexity index is 814. The maximum Gasteiger partial charge on any atom is 0.326 e. The molecule has 1 aromatic rings. The molecule has 11 heteroatoms. The Morgan fingerprint density at radius 1 is 0.938 bits per heavy atom. The van der Waals surface area contributed by atoms with E-state index in [9.17, 15) is 29.1 Å². The number of aliphatic carboxylic acids is 1. The van der Waals surface area contributed by atoms with Crippen LogP contribution in [0.15, 0.2) is 30.3 Å². The van der Waals surface area contributed by atoms with E-state index in [1.54, 1.807) is 38.1 Å². The van der Waals surface area contributed by atoms with Crippen molar-refractivity contribution in [3.63, 3.8) is 0 Å². The lowest BCUT2D eigenvalue weighted by Gasteiger charge is -2.26. The van der Waals surface area contributed by atoms with Gasteiger partial charge in [0.1, 0.15) is 18.1 Å². The van der Waals surface area contributed by atoms with Gasteiger partial charge in [-0.25, -0.2) is 4.79 Å². The molecule has 176 valence electrons. The van der Waals surface area contributed by atoms with Crippen LogP contribution in [0.5, 0.6) is 0 Å². The van der Waals surface area contributed by atoms with Gasteiger partial charge in [-0.3, -0.25) is 19.2 Å². The van der Waals surface area contributed by atoms with Gasteiger partial charge in [0, 0.05) is 12.8 Å². The molecule has 0 radical (unpaired) electrons. The number of hydrogen-bond acceptors (Lipinski definition) is 6. The van der Waals surface area contributed by atoms with Crippen molar-refractivity contribution in [1.82, 2.24) is 16.0 Å². The van der Waals surface area contributed by atoms with Crippen LogP contribution < -0.4 is 27.4 Å². The van der Waals surface area contributed by atoms with Gasteiger partial charge in [-0.05, 0) is 17.9 Å². The predicted molar refractivity (Wildman–Crippen MR) is 116 cm³/mol. The summed E-state index contributed by atoms with van der Waals surface area (Å²) < 4.78 is 0. The number of hydrogen-bond donors (Lipinski definition) is 6. The lowest BCUT2D eigenvalue weighted by atomic mass is 10.00. The molecule has 0 aliphatic rings. The summed E-state index contributed by atoms with van der Waals surface area (Å²) in [6.45, 7) is 3.04. The molecule has 0 aliphatic heterocycles. The van der Waals surface area contributed by atoms with E-state index < -0.39 is 53.6 Å². The Morgan fingerprint density at radius 3 is 2.06 bits per heavy atom. The third-order valence-electron chi connectivity index (χ3n) is 4.66. The van der Waals surface area contributed by atoms with Crippen LogP contribution >= 0.6 is 0 Å². The fourth-order valence-corrected chi connectivity index (χ4v) is 2.91. The number of benzene rings is 1. The summed E-state index contributed by atoms with van der Waals surface area (Å²) in [5.41, 5.74) is 11.2. The average molecular weight is 450 g/mol. The first-order valence-corrected chi connectivity index (χ1v) is 10.2. The van der Waals surface area contributed by atoms with Crippen LogP contribution in [0.25, 0.3) is 0 Å². The highest BCUT2D eigenvalue weighted by atomic mass is 16.4. The normalized spacial score (nSPS) is 13.5. The molecule has 0 saturated heterocycles. The van der Waals surface area contributed by atoms with Crippen molar-refractivity contribution in [2.75, 3.05) is 6.54 Å². The summed E-state index contributed by atoms with van der Waals surface area (Å²) in [5.74, 6) is -4.30. The number of carbonyl (C=O) groups is 5. The molecular formula is C21H31N5O6. The van der Waals surface area contributed by atoms with Crippen molar-refractivity contribution >= 4 is 29.6 Å². The molecule has 0 aromatic heterocycles. The van der Waals surface area contributed by atoms with Crippen LogP contribution in [0, 0.1) is 5.92 Å². The molecule has 1 rings (SSSR count). The van der Waals surface area contributed by atoms with Gasteiger partial charge in [-0.15, -0.1) is 0 Å². The molecular weight excluding hydrogens is 418 g/mol. The van der Waals surface area contributed by atoms with Crippen LogP contribution in [-0.4, -0.2) is 59.4 Å². The third kappa shape index (κ3) is 9.13. The first-order valence-electron chi connectivity index (χ1n) is 10.2. The lowest BCUT2D eigenvalue weighted by Crippen LogP contribution is -2.58. The Labute approximate surface area is 186 Å². The van der Waals surface area contributed by atoms with Crippen LogP contribution in [0.4, 0.5) is 0 Å². The van der Waals surface area contributed by atoms with Gasteiger partial charge in [0.15, 0.2) is 0 Å². The first-order chi connectivity index (χ1) is 15.0. The molecule has 4 amide bonds. The van der Waals surface area contributed by atoms with Gasteiger partial charge in [-0.1, -0.05) is 44.2 Å². The minimum atomic E-state index is -1.34. The zero-order valence-corrected chi connectivity index (χ0v) is 18.2. The number of carboxylic acid groups (broad SMARTS) is 1. The Morgan fingerprint density at radius 2 is 1.56 bits per heavy atom. The fourth-order valence-electron chi connectivity index (χ4n) is 2.91. The Hall–Kier alpha value is -3.47. The maximum absolute atomic E-state index is 12.9. The van der Waals surface area contributed by atoms with Gasteiger partial charge < -0.3 is 32.5 Å². The molecule has 0 heterocycles. The van der Waals surface area contributed by atoms with Crippen molar-refractivity contribution in [1.29, 1.82) is 0 Å². The van der Waals surface area contributed by atoms with Gasteiger partial charge in [0.2, 0.25) is 23.6 Å². The summed E-state index contributed by atoms with van der Waals surface area (Å²) in [5, 5.41) is 16.8. The van der Waals surface area contributed by atoms with E-state index in [2.05, 4.69) is 16.0 Å². The second-order valence-corrected chi connectivity index (χ2v) is 7.65. The molecule has 1 aromatic carbocycles. The van der Waals surface area contributed by atoms with Crippen LogP contribution in [0.3, 0.4) is 0 Å². The third-order valence-corrected chi connectivity index (χ3v) is 4.66. The molecule has 11 nitrogen and oxygen atoms in total. The second-order valence-electron chi connectivity index (χ2n) is 7.65. The smallest absolute Gasteiger partial charge is 0.326 e. The van der Waals surface area contributed by atoms with Crippen molar-refractivity contribution in [3.8, 4) is 0 Å². The van der Waals surface area contributed by atoms with Gasteiger partial charge >= 0.3 is 5.97 Å². The van der Waals surface area contributed by atoms with Gasteiger partial charge in [0.25, 0.3) is 0 Å². The Kier molecular flexibility index (Phi) is 10.8. The maximum atomic E-state index is 12.9. The van der Waals surface area contributed by atoms with Crippen molar-refractivity contribution in [2.24, 2.45) is 17.4 Å². The zero-order chi connectivity index (χ0) is 24.3. The van der Waals surface area contributed by atoms with Crippen LogP contribution in [-0.2, 0) is 30.4 Å². The van der Waals surface area contributed by atoms with Crippen molar-refractivity contribution < 1.29 is 29.1 Å². The number of rotatable bonds is 13. The van der Waals surface area contributed by atoms with Crippen LogP contribution in [0.2, 0.25) is 0 Å². The number of nitrogens with two attached hydrogens (primary N) is 2. The summed E-state index contributed by atoms with van der Waals surface area (Å²) in [7, 11) is 0. The summed E-state index contributed by atoms with van der Waals surface area (Å²) in [6.07, 6.45) is -0.236. The first kappa shape index (κ1) is 26.6. The average Bonchev–Trinajstić information content (AvgIpc) is 2.74. The molecule has 0 bridgehead atoms. The fraction of sp³-hybridized carbons (Fsp3) is 0.476. The van der Waals surface area contributed by atoms with E-state index in [1.165, 1.54) is 0 Å². The molecule has 3 atom stereocenters. The summed E-state index contributed by atoms with van der Waals surface area (Å²) in [4.78, 5) is 59.8. The molecule has 0 aliphatic carbocycles. The van der Waals surface area contributed by atoms with E-state index >= 15 is 0 Å². The summed E-state index contributed by atoms with van der Waals surface area (Å²) in [6, 6.07) is 5.56. The molecule has 0 spiro atoms. The SMILES string of the molecule is CC(C)C(NC(=O)C(Cc1ccccc1)NC(=O)CN)C(=O)NC(CCC(N)=O)C(=O)O. The van der Waals surface area contributed by atoms with E-state index in [0.29, 0.717) is 0 Å². The summed E-state index contributed by atoms with van der Waals surface area (Å²) >= 11 is 0. The zero-order valence-electron chi connectivity index (χ0n) is 18.2. The standard InChI is InChI=1S/C21H31N5O6/c1-12(2)18(20(30)25-14(21(31)32)8-9-16(23)27)26-19(29)15(24-17(28)11-22)10-13-6-4-3-5-7-13/h3-7,12,14-15,18H,8-11,22H2,1-2H3,(H2,23,27)(H,24,28)(H,25,30)(H,26,29)(H,31,32). The number of primary amides is 1. The van der Waals surface area contributed by atoms with Gasteiger partial charge in [0.05, 0.1) is 6.54 Å². The van der Waals surface area contributed by atoms with E-state index in [-0.39, 0.29) is 25.8 Å². The highest BCUT2D eigenvalue weighted by molar-refractivity contribution is 5.94. The van der Waals surface area contributed by atoms with Gasteiger partial charge in [-0.2, -0.15) is 0 Å². The van der Waals surface area contributed by atoms with Crippen molar-refractivity contribution in [3.05, 3.63) is 35.9 Å². The minimum absolute atomic E-state index is 0.168. The molecule has 3 unspecified atom stereocenters. The monoisotopic (exact) mass is 449 g/mol. The molecule has 0 saturated carbocycles. The number of carbonyl (C=O) groups excluding carboxylic acids is 4. The van der Waals surface area contributed by atoms with Crippen molar-refractivity contribution in [2.45, 2.75) is 51.2 Å². The Balaban J connectivity index is 2.96. The molecule has 32 heavy (non-hydrogen) atoms. The number of nitrogens with one attached hydrogen (secondary N) is 3. The highest BCUT2D eigenvalue weighted by Gasteiger charge is 2.31. The number of carboxylic acids is 1. The topological polar surface area (TPSA) is 194 Å². The second kappa shape index (κ2) is 13.1. The minimum Gasteiger partial charge on any atom is -0.480 e. The number of amides is 4. The van der Waals surface area contributed by atoms with Crippen LogP contribution in [0.1, 0.15) is 32.3 Å². The largest absolute Gasteiger partial charge is 0.480 e. The van der Waals surface area contributed by atoms with E-state index in [1.807, 2.05) is 6.07 Å². The lowest BCUT2D eigenvalue weighted by molar-refractivity contribution is -0.143. The molecule has 0 fully saturated rings.